The minimum Gasteiger partial charge on any atom is -0.398 e. The highest BCUT2D eigenvalue weighted by atomic mass is 32.3. The van der Waals surface area contributed by atoms with Gasteiger partial charge in [-0.25, -0.2) is 0 Å². The van der Waals surface area contributed by atoms with Crippen molar-refractivity contribution in [2.45, 2.75) is 47.6 Å². The Morgan fingerprint density at radius 1 is 0.528 bits per heavy atom. The zero-order valence-electron chi connectivity index (χ0n) is 15.0. The van der Waals surface area contributed by atoms with Gasteiger partial charge < -0.3 is 4.74 Å². The molecule has 0 saturated heterocycles. The van der Waals surface area contributed by atoms with Crippen molar-refractivity contribution in [1.29, 1.82) is 0 Å². The molecule has 216 valence electrons. The van der Waals surface area contributed by atoms with Crippen molar-refractivity contribution in [2.24, 2.45) is 0 Å². The Hall–Kier alpha value is -1.99. The molecule has 0 radical (unpaired) electrons. The Labute approximate surface area is 181 Å². The fourth-order valence-electron chi connectivity index (χ4n) is 1.40. The van der Waals surface area contributed by atoms with Crippen LogP contribution in [0.5, 0.6) is 0 Å². The van der Waals surface area contributed by atoms with Gasteiger partial charge in [0.25, 0.3) is 0 Å². The quantitative estimate of drug-likeness (QED) is 0.167. The third kappa shape index (κ3) is 5.77. The summed E-state index contributed by atoms with van der Waals surface area (Å²) in [6.07, 6.45) is -44.7. The molecule has 0 bridgehead atoms. The second-order valence-corrected chi connectivity index (χ2v) is 6.92. The van der Waals surface area contributed by atoms with E-state index < -0.39 is 70.0 Å². The largest absolute Gasteiger partial charge is 0.471 e. The Balaban J connectivity index is 7.05. The summed E-state index contributed by atoms with van der Waals surface area (Å²) >= 11 is 0. The first kappa shape index (κ1) is 34.0. The molecule has 0 saturated carbocycles. The lowest BCUT2D eigenvalue weighted by molar-refractivity contribution is -0.562. The van der Waals surface area contributed by atoms with Crippen molar-refractivity contribution >= 4 is 10.2 Å². The Morgan fingerprint density at radius 3 is 1.11 bits per heavy atom. The number of alkyl halides is 16. The van der Waals surface area contributed by atoms with Gasteiger partial charge in [0, 0.05) is 0 Å². The van der Waals surface area contributed by atoms with Crippen LogP contribution in [0.4, 0.5) is 87.3 Å². The zero-order valence-corrected chi connectivity index (χ0v) is 15.8. The van der Waals surface area contributed by atoms with E-state index in [0.29, 0.717) is 0 Å². The third-order valence-electron chi connectivity index (χ3n) is 3.03. The lowest BCUT2D eigenvalue weighted by atomic mass is 10.2. The van der Waals surface area contributed by atoms with Gasteiger partial charge in [0.2, 0.25) is 0 Å². The molecule has 0 N–H and O–H groups in total. The van der Waals surface area contributed by atoms with Gasteiger partial charge in [0.05, 0.1) is 0 Å². The summed E-state index contributed by atoms with van der Waals surface area (Å²) in [5, 5.41) is -7.80. The van der Waals surface area contributed by atoms with Gasteiger partial charge in [-0.3, -0.25) is 9.47 Å². The zero-order chi connectivity index (χ0) is 29.8. The minimum atomic E-state index is -8.46. The number of halogens is 20. The number of hydrogen-bond donors (Lipinski definition) is 0. The molecule has 0 heterocycles. The van der Waals surface area contributed by atoms with E-state index in [2.05, 4.69) is 0 Å². The maximum Gasteiger partial charge on any atom is 0.471 e. The van der Waals surface area contributed by atoms with Gasteiger partial charge in [-0.05, 0) is 0 Å². The molecule has 0 spiro atoms. The van der Waals surface area contributed by atoms with E-state index in [-0.39, 0.29) is 0 Å². The van der Waals surface area contributed by atoms with Crippen molar-refractivity contribution < 1.29 is 110 Å². The number of hydrogen-bond acceptors (Lipinski definition) is 5. The molecule has 0 aromatic rings. The lowest BCUT2D eigenvalue weighted by Gasteiger charge is -2.41. The molecule has 5 nitrogen and oxygen atoms in total. The van der Waals surface area contributed by atoms with E-state index in [1.807, 2.05) is 0 Å². The summed E-state index contributed by atoms with van der Waals surface area (Å²) in [7, 11) is -8.27. The average molecular weight is 612 g/mol. The summed E-state index contributed by atoms with van der Waals surface area (Å²) in [5.74, 6) is -16.6. The van der Waals surface area contributed by atoms with Crippen LogP contribution in [-0.2, 0) is 24.4 Å². The Morgan fingerprint density at radius 2 is 0.833 bits per heavy atom. The number of rotatable bonds is 10. The normalized spacial score (nSPS) is 18.3. The lowest BCUT2D eigenvalue weighted by Crippen LogP contribution is -2.69. The monoisotopic (exact) mass is 612 g/mol. The first-order chi connectivity index (χ1) is 15.2. The summed E-state index contributed by atoms with van der Waals surface area (Å²) in [4.78, 5) is 0. The molecule has 0 aliphatic carbocycles. The van der Waals surface area contributed by atoms with Crippen LogP contribution in [0.25, 0.3) is 0 Å². The van der Waals surface area contributed by atoms with E-state index in [9.17, 15) is 95.7 Å². The summed E-state index contributed by atoms with van der Waals surface area (Å²) < 4.78 is 280. The molecule has 0 aliphatic rings. The van der Waals surface area contributed by atoms with Crippen molar-refractivity contribution in [3.63, 3.8) is 0 Å². The second kappa shape index (κ2) is 9.09. The maximum absolute atomic E-state index is 13.8. The predicted octanol–water partition coefficient (Wildman–Crippen LogP) is 6.20. The van der Waals surface area contributed by atoms with Gasteiger partial charge in [0.15, 0.2) is 0 Å². The molecule has 0 aliphatic heterocycles. The van der Waals surface area contributed by atoms with Crippen LogP contribution in [0, 0.1) is 0 Å². The van der Waals surface area contributed by atoms with Crippen molar-refractivity contribution in [2.75, 3.05) is 0 Å². The molecule has 0 aromatic carbocycles. The standard InChI is InChI=1S/C10F20O5S/c11-1(12)2(13)33-7(22,23)3(14,5(16,17)18)34-8(24,25)4(15,6(19,20)21)35-9(26,27)10(28,29)36(30,31)32. The van der Waals surface area contributed by atoms with Crippen LogP contribution in [0.15, 0.2) is 12.1 Å². The molecule has 0 aromatic heterocycles. The summed E-state index contributed by atoms with van der Waals surface area (Å²) in [6.45, 7) is 0. The van der Waals surface area contributed by atoms with E-state index in [1.54, 1.807) is 4.74 Å². The molecule has 2 atom stereocenters. The fourth-order valence-corrected chi connectivity index (χ4v) is 1.73. The van der Waals surface area contributed by atoms with Crippen LogP contribution in [0.1, 0.15) is 0 Å². The van der Waals surface area contributed by atoms with E-state index in [1.165, 1.54) is 4.74 Å². The smallest absolute Gasteiger partial charge is 0.398 e. The van der Waals surface area contributed by atoms with E-state index in [4.69, 9.17) is 0 Å². The Kier molecular flexibility index (Phi) is 8.58. The van der Waals surface area contributed by atoms with E-state index >= 15 is 0 Å². The summed E-state index contributed by atoms with van der Waals surface area (Å²) in [6, 6.07) is -4.27. The summed E-state index contributed by atoms with van der Waals surface area (Å²) in [5.41, 5.74) is 0. The van der Waals surface area contributed by atoms with Crippen molar-refractivity contribution in [1.82, 2.24) is 0 Å². The van der Waals surface area contributed by atoms with Crippen LogP contribution in [0.2, 0.25) is 0 Å². The minimum absolute atomic E-state index is 1.14. The van der Waals surface area contributed by atoms with Crippen LogP contribution in [0.3, 0.4) is 0 Å². The number of ether oxygens (including phenoxy) is 3. The predicted molar refractivity (Wildman–Crippen MR) is 63.2 cm³/mol. The average Bonchev–Trinajstić information content (AvgIpc) is 2.56. The molecular weight excluding hydrogens is 612 g/mol. The van der Waals surface area contributed by atoms with Gasteiger partial charge >= 0.3 is 70.0 Å². The van der Waals surface area contributed by atoms with Gasteiger partial charge in [-0.2, -0.15) is 91.8 Å². The SMILES string of the molecule is O=S(=O)(F)C(F)(F)C(F)(F)OC(F)(C(F)(F)F)C(F)(F)OC(F)(C(F)(F)F)C(F)(F)OC(F)=C(F)F. The topological polar surface area (TPSA) is 61.8 Å². The second-order valence-electron chi connectivity index (χ2n) is 5.53. The van der Waals surface area contributed by atoms with Gasteiger partial charge in [-0.15, -0.1) is 0 Å². The van der Waals surface area contributed by atoms with Crippen LogP contribution >= 0.6 is 0 Å². The van der Waals surface area contributed by atoms with Gasteiger partial charge in [0.1, 0.15) is 0 Å². The molecule has 0 rings (SSSR count). The highest BCUT2D eigenvalue weighted by Gasteiger charge is 2.87. The molecule has 0 amide bonds. The fraction of sp³-hybridized carbons (Fsp3) is 0.800. The van der Waals surface area contributed by atoms with Gasteiger partial charge in [-0.1, -0.05) is 3.89 Å². The highest BCUT2D eigenvalue weighted by Crippen LogP contribution is 2.57. The van der Waals surface area contributed by atoms with Crippen LogP contribution < -0.4 is 0 Å². The molecule has 0 fully saturated rings. The van der Waals surface area contributed by atoms with E-state index in [0.717, 1.165) is 4.74 Å². The first-order valence-electron chi connectivity index (χ1n) is 7.01. The molecule has 2 unspecified atom stereocenters. The van der Waals surface area contributed by atoms with Crippen molar-refractivity contribution in [3.8, 4) is 0 Å². The molecule has 36 heavy (non-hydrogen) atoms. The molecular formula is C10F20O5S. The van der Waals surface area contributed by atoms with Crippen molar-refractivity contribution in [3.05, 3.63) is 12.1 Å². The first-order valence-corrected chi connectivity index (χ1v) is 8.39. The van der Waals surface area contributed by atoms with Crippen LogP contribution in [-0.4, -0.2) is 56.1 Å². The Bertz CT molecular complexity index is 947. The molecule has 26 heteroatoms. The highest BCUT2D eigenvalue weighted by molar-refractivity contribution is 7.87. The maximum atomic E-state index is 13.8. The third-order valence-corrected chi connectivity index (χ3v) is 3.88.